The third-order valence-electron chi connectivity index (χ3n) is 3.70. The molecule has 6 heteroatoms. The second-order valence-corrected chi connectivity index (χ2v) is 7.36. The molecule has 0 radical (unpaired) electrons. The van der Waals surface area contributed by atoms with Crippen LogP contribution in [0.4, 0.5) is 0 Å². The third-order valence-corrected chi connectivity index (χ3v) is 6.29. The van der Waals surface area contributed by atoms with Crippen molar-refractivity contribution in [3.8, 4) is 0 Å². The first-order valence-corrected chi connectivity index (χ1v) is 8.84. The fourth-order valence-corrected chi connectivity index (χ4v) is 4.53. The van der Waals surface area contributed by atoms with Crippen LogP contribution < -0.4 is 0 Å². The fraction of sp³-hybridized carbons (Fsp3) is 0.538. The summed E-state index contributed by atoms with van der Waals surface area (Å²) in [5.41, 5.74) is 1.03. The molecule has 1 aromatic carbocycles. The highest BCUT2D eigenvalue weighted by molar-refractivity contribution is 9.08. The van der Waals surface area contributed by atoms with Crippen LogP contribution in [0.5, 0.6) is 0 Å². The largest absolute Gasteiger partial charge is 0.395 e. The normalized spacial score (nSPS) is 24.8. The average Bonchev–Trinajstić information content (AvgIpc) is 2.80. The predicted octanol–water partition coefficient (Wildman–Crippen LogP) is 1.97. The summed E-state index contributed by atoms with van der Waals surface area (Å²) in [5.74, 6) is 0.196. The SMILES string of the molecule is CC1CCN(S(=O)(=O)c2ccc(CBr)cc2)C1CO. The van der Waals surface area contributed by atoms with Crippen LogP contribution >= 0.6 is 15.9 Å². The molecular weight excluding hydrogens is 330 g/mol. The highest BCUT2D eigenvalue weighted by Gasteiger charge is 2.38. The number of alkyl halides is 1. The molecule has 0 bridgehead atoms. The Morgan fingerprint density at radius 1 is 1.37 bits per heavy atom. The Morgan fingerprint density at radius 3 is 2.53 bits per heavy atom. The number of aliphatic hydroxyl groups excluding tert-OH is 1. The lowest BCUT2D eigenvalue weighted by Crippen LogP contribution is -2.39. The zero-order chi connectivity index (χ0) is 14.0. The van der Waals surface area contributed by atoms with E-state index < -0.39 is 10.0 Å². The average molecular weight is 348 g/mol. The Bertz CT molecular complexity index is 529. The van der Waals surface area contributed by atoms with Crippen molar-refractivity contribution in [1.82, 2.24) is 4.31 Å². The zero-order valence-corrected chi connectivity index (χ0v) is 13.2. The first-order chi connectivity index (χ1) is 9.00. The summed E-state index contributed by atoms with van der Waals surface area (Å²) in [7, 11) is -3.50. The molecule has 0 amide bonds. The maximum Gasteiger partial charge on any atom is 0.243 e. The highest BCUT2D eigenvalue weighted by Crippen LogP contribution is 2.29. The van der Waals surface area contributed by atoms with Crippen molar-refractivity contribution in [3.05, 3.63) is 29.8 Å². The van der Waals surface area contributed by atoms with Gasteiger partial charge in [0.05, 0.1) is 17.5 Å². The minimum atomic E-state index is -3.50. The molecule has 1 N–H and O–H groups in total. The number of nitrogens with zero attached hydrogens (tertiary/aromatic N) is 1. The van der Waals surface area contributed by atoms with Crippen LogP contribution in [0.25, 0.3) is 0 Å². The Balaban J connectivity index is 2.31. The molecule has 0 aliphatic carbocycles. The van der Waals surface area contributed by atoms with Crippen molar-refractivity contribution in [2.45, 2.75) is 29.6 Å². The van der Waals surface area contributed by atoms with Crippen LogP contribution in [-0.2, 0) is 15.4 Å². The Morgan fingerprint density at radius 2 is 2.00 bits per heavy atom. The van der Waals surface area contributed by atoms with Crippen LogP contribution in [0.15, 0.2) is 29.2 Å². The van der Waals surface area contributed by atoms with E-state index in [9.17, 15) is 13.5 Å². The van der Waals surface area contributed by atoms with E-state index in [0.717, 1.165) is 12.0 Å². The van der Waals surface area contributed by atoms with Gasteiger partial charge in [0.15, 0.2) is 0 Å². The van der Waals surface area contributed by atoms with Crippen molar-refractivity contribution in [3.63, 3.8) is 0 Å². The van der Waals surface area contributed by atoms with Gasteiger partial charge >= 0.3 is 0 Å². The van der Waals surface area contributed by atoms with Crippen LogP contribution in [0.3, 0.4) is 0 Å². The number of halogens is 1. The van der Waals surface area contributed by atoms with E-state index in [1.807, 2.05) is 6.92 Å². The molecule has 1 aromatic rings. The van der Waals surface area contributed by atoms with Crippen LogP contribution in [0.1, 0.15) is 18.9 Å². The summed E-state index contributed by atoms with van der Waals surface area (Å²) in [4.78, 5) is 0.296. The van der Waals surface area contributed by atoms with E-state index in [0.29, 0.717) is 16.8 Å². The fourth-order valence-electron chi connectivity index (χ4n) is 2.43. The Kier molecular flexibility index (Phi) is 4.66. The van der Waals surface area contributed by atoms with E-state index in [1.54, 1.807) is 24.3 Å². The lowest BCUT2D eigenvalue weighted by Gasteiger charge is -2.24. The van der Waals surface area contributed by atoms with Crippen LogP contribution in [0, 0.1) is 5.92 Å². The van der Waals surface area contributed by atoms with Crippen LogP contribution in [-0.4, -0.2) is 37.0 Å². The van der Waals surface area contributed by atoms with Gasteiger partial charge in [0.25, 0.3) is 0 Å². The second kappa shape index (κ2) is 5.91. The summed E-state index contributed by atoms with van der Waals surface area (Å²) >= 11 is 3.33. The molecule has 0 aromatic heterocycles. The molecule has 1 saturated heterocycles. The molecule has 19 heavy (non-hydrogen) atoms. The third kappa shape index (κ3) is 2.86. The molecule has 1 heterocycles. The number of hydrogen-bond donors (Lipinski definition) is 1. The Labute approximate surface area is 122 Å². The van der Waals surface area contributed by atoms with Crippen molar-refractivity contribution < 1.29 is 13.5 Å². The summed E-state index contributed by atoms with van der Waals surface area (Å²) in [6.45, 7) is 2.33. The van der Waals surface area contributed by atoms with Crippen molar-refractivity contribution in [2.24, 2.45) is 5.92 Å². The van der Waals surface area contributed by atoms with Gasteiger partial charge in [0.2, 0.25) is 10.0 Å². The van der Waals surface area contributed by atoms with Gasteiger partial charge in [-0.15, -0.1) is 0 Å². The molecule has 0 saturated carbocycles. The van der Waals surface area contributed by atoms with Gasteiger partial charge in [-0.25, -0.2) is 8.42 Å². The van der Waals surface area contributed by atoms with Crippen LogP contribution in [0.2, 0.25) is 0 Å². The van der Waals surface area contributed by atoms with Gasteiger partial charge in [-0.1, -0.05) is 35.0 Å². The molecular formula is C13H18BrNO3S. The number of benzene rings is 1. The van der Waals surface area contributed by atoms with E-state index in [-0.39, 0.29) is 18.6 Å². The topological polar surface area (TPSA) is 57.6 Å². The zero-order valence-electron chi connectivity index (χ0n) is 10.8. The van der Waals surface area contributed by atoms with Gasteiger partial charge in [-0.3, -0.25) is 0 Å². The van der Waals surface area contributed by atoms with E-state index in [4.69, 9.17) is 0 Å². The number of hydrogen-bond acceptors (Lipinski definition) is 3. The molecule has 2 rings (SSSR count). The van der Waals surface area contributed by atoms with Gasteiger partial charge in [0.1, 0.15) is 0 Å². The standard InChI is InChI=1S/C13H18BrNO3S/c1-10-6-7-15(13(10)9-16)19(17,18)12-4-2-11(8-14)3-5-12/h2-5,10,13,16H,6-9H2,1H3. The van der Waals surface area contributed by atoms with E-state index in [1.165, 1.54) is 4.31 Å². The molecule has 4 nitrogen and oxygen atoms in total. The first-order valence-electron chi connectivity index (χ1n) is 6.28. The van der Waals surface area contributed by atoms with Crippen molar-refractivity contribution >= 4 is 26.0 Å². The summed E-state index contributed by atoms with van der Waals surface area (Å²) in [5, 5.41) is 10.1. The Hall–Kier alpha value is -0.430. The van der Waals surface area contributed by atoms with E-state index in [2.05, 4.69) is 15.9 Å². The lowest BCUT2D eigenvalue weighted by atomic mass is 10.0. The summed E-state index contributed by atoms with van der Waals surface area (Å²) in [6.07, 6.45) is 0.796. The van der Waals surface area contributed by atoms with Gasteiger partial charge in [-0.2, -0.15) is 4.31 Å². The molecule has 0 spiro atoms. The maximum atomic E-state index is 12.6. The predicted molar refractivity (Wildman–Crippen MR) is 77.6 cm³/mol. The molecule has 1 aliphatic heterocycles. The van der Waals surface area contributed by atoms with Gasteiger partial charge < -0.3 is 5.11 Å². The second-order valence-electron chi connectivity index (χ2n) is 4.91. The lowest BCUT2D eigenvalue weighted by molar-refractivity contribution is 0.191. The van der Waals surface area contributed by atoms with Gasteiger partial charge in [0, 0.05) is 11.9 Å². The molecule has 2 unspecified atom stereocenters. The van der Waals surface area contributed by atoms with Crippen molar-refractivity contribution in [1.29, 1.82) is 0 Å². The first kappa shape index (κ1) is 15.0. The minimum Gasteiger partial charge on any atom is -0.395 e. The number of sulfonamides is 1. The maximum absolute atomic E-state index is 12.6. The minimum absolute atomic E-state index is 0.125. The van der Waals surface area contributed by atoms with E-state index >= 15 is 0 Å². The molecule has 2 atom stereocenters. The monoisotopic (exact) mass is 347 g/mol. The number of aliphatic hydroxyl groups is 1. The smallest absolute Gasteiger partial charge is 0.243 e. The summed E-state index contributed by atoms with van der Waals surface area (Å²) in [6, 6.07) is 6.55. The van der Waals surface area contributed by atoms with Gasteiger partial charge in [-0.05, 0) is 30.0 Å². The quantitative estimate of drug-likeness (QED) is 0.847. The highest BCUT2D eigenvalue weighted by atomic mass is 79.9. The molecule has 1 aliphatic rings. The molecule has 1 fully saturated rings. The van der Waals surface area contributed by atoms with Crippen molar-refractivity contribution in [2.75, 3.05) is 13.2 Å². The summed E-state index contributed by atoms with van der Waals surface area (Å²) < 4.78 is 26.5. The number of rotatable bonds is 4. The molecule has 106 valence electrons.